The van der Waals surface area contributed by atoms with Gasteiger partial charge in [0.15, 0.2) is 15.7 Å². The lowest BCUT2D eigenvalue weighted by molar-refractivity contribution is -0.134. The highest BCUT2D eigenvalue weighted by Crippen LogP contribution is 2.16. The number of aliphatic imine (C=N–C) groups is 2. The maximum atomic E-state index is 10.6. The van der Waals surface area contributed by atoms with Gasteiger partial charge in [-0.1, -0.05) is 13.1 Å². The molecule has 0 aliphatic rings. The van der Waals surface area contributed by atoms with Gasteiger partial charge in [0.1, 0.15) is 0 Å². The first-order valence-electron chi connectivity index (χ1n) is 19.1. The highest BCUT2D eigenvalue weighted by Gasteiger charge is 2.21. The van der Waals surface area contributed by atoms with Gasteiger partial charge in [-0.05, 0) is 95.9 Å². The number of rotatable bonds is 25. The minimum atomic E-state index is -1.61. The number of nitrogens with one attached hydrogen (secondary N) is 3. The van der Waals surface area contributed by atoms with E-state index in [1.807, 2.05) is 0 Å². The van der Waals surface area contributed by atoms with E-state index in [0.717, 1.165) is 89.8 Å². The molecule has 3 amide bonds. The minimum Gasteiger partial charge on any atom is -0.481 e. The summed E-state index contributed by atoms with van der Waals surface area (Å²) >= 11 is 6.01. The maximum absolute atomic E-state index is 10.6. The van der Waals surface area contributed by atoms with Gasteiger partial charge in [-0.3, -0.25) is 19.2 Å². The molecule has 9 N–H and O–H groups in total. The van der Waals surface area contributed by atoms with Crippen molar-refractivity contribution in [2.24, 2.45) is 15.7 Å². The van der Waals surface area contributed by atoms with Crippen LogP contribution in [0.2, 0.25) is 38.3 Å². The zero-order valence-corrected chi connectivity index (χ0v) is 38.3. The Labute approximate surface area is 342 Å². The molecule has 0 aliphatic heterocycles. The molecule has 0 heterocycles. The Bertz CT molecular complexity index is 985. The number of carboxylic acids is 1. The van der Waals surface area contributed by atoms with Gasteiger partial charge >= 0.3 is 0 Å². The first-order chi connectivity index (χ1) is 26.2. The Kier molecular flexibility index (Phi) is 60.6. The van der Waals surface area contributed by atoms with E-state index in [4.69, 9.17) is 46.5 Å². The number of carboxylic acid groups (broad SMARTS) is 1. The van der Waals surface area contributed by atoms with Gasteiger partial charge in [-0.25, -0.2) is 19.6 Å². The van der Waals surface area contributed by atoms with Crippen LogP contribution in [0, 0.1) is 0 Å². The van der Waals surface area contributed by atoms with Gasteiger partial charge < -0.3 is 46.5 Å². The summed E-state index contributed by atoms with van der Waals surface area (Å²) in [6, 6.07) is 2.02. The van der Waals surface area contributed by atoms with Gasteiger partial charge in [-0.15, -0.1) is 0 Å². The number of carbonyl (C=O) groups excluding carboxylic acids is 5. The second-order valence-electron chi connectivity index (χ2n) is 13.2. The predicted molar refractivity (Wildman–Crippen MR) is 228 cm³/mol. The van der Waals surface area contributed by atoms with Crippen molar-refractivity contribution in [1.82, 2.24) is 16.0 Å². The molecule has 0 saturated carbocycles. The molecule has 20 heteroatoms. The van der Waals surface area contributed by atoms with Crippen molar-refractivity contribution < 1.29 is 53.6 Å². The van der Waals surface area contributed by atoms with E-state index in [0.29, 0.717) is 39.3 Å². The lowest BCUT2D eigenvalue weighted by Crippen LogP contribution is -2.31. The summed E-state index contributed by atoms with van der Waals surface area (Å²) in [6.45, 7) is 19.4. The molecule has 0 saturated heterocycles. The Morgan fingerprint density at radius 1 is 0.625 bits per heavy atom. The number of hydrogen-bond donors (Lipinski definition) is 8. The number of halogens is 1. The number of aliphatic carboxylic acids is 1. The molecule has 0 atom stereocenters. The zero-order chi connectivity index (χ0) is 44.5. The zero-order valence-electron chi connectivity index (χ0n) is 35.6. The van der Waals surface area contributed by atoms with Gasteiger partial charge in [0.05, 0.1) is 13.1 Å². The first-order valence-corrected chi connectivity index (χ1v) is 26.4. The Balaban J connectivity index is -0.000000143. The number of unbranched alkanes of at least 4 members (excludes halogenated alkanes) is 4. The summed E-state index contributed by atoms with van der Waals surface area (Å²) < 4.78 is 5.90. The van der Waals surface area contributed by atoms with Gasteiger partial charge in [0.25, 0.3) is 5.97 Å². The SMILES string of the molecule is CC(=O)NCCCCO.CC(=O)NCCCCO.CC(=O)NCCCCO[Si](C)(C)CCCN=C=O.CC(=O)O.C[Si](C)(Cl)CCCN=C=O.NCCCCO. The summed E-state index contributed by atoms with van der Waals surface area (Å²) in [5.74, 6) is -0.831. The third-order valence-corrected chi connectivity index (χ3v) is 10.8. The number of nitrogens with zero attached hydrogens (tertiary/aromatic N) is 2. The molecule has 0 radical (unpaired) electrons. The molecule has 0 spiro atoms. The van der Waals surface area contributed by atoms with Crippen LogP contribution in [-0.4, -0.2) is 138 Å². The molecule has 0 unspecified atom stereocenters. The van der Waals surface area contributed by atoms with Crippen LogP contribution in [0.25, 0.3) is 0 Å². The summed E-state index contributed by atoms with van der Waals surface area (Å²) in [4.78, 5) is 66.6. The normalized spacial score (nSPS) is 9.73. The number of carbonyl (C=O) groups is 4. The third kappa shape index (κ3) is 98.4. The fourth-order valence-corrected chi connectivity index (χ4v) is 6.67. The molecule has 17 nitrogen and oxygen atoms in total. The van der Waals surface area contributed by atoms with Crippen molar-refractivity contribution >= 4 is 62.6 Å². The summed E-state index contributed by atoms with van der Waals surface area (Å²) in [7, 11) is -3.04. The molecular formula is C36H77ClN6O11Si2. The van der Waals surface area contributed by atoms with E-state index in [2.05, 4.69) is 52.1 Å². The van der Waals surface area contributed by atoms with Crippen molar-refractivity contribution in [3.63, 3.8) is 0 Å². The molecule has 332 valence electrons. The topological polar surface area (TPSA) is 279 Å². The predicted octanol–water partition coefficient (Wildman–Crippen LogP) is 3.61. The van der Waals surface area contributed by atoms with Crippen LogP contribution < -0.4 is 21.7 Å². The van der Waals surface area contributed by atoms with E-state index in [-0.39, 0.29) is 37.5 Å². The molecule has 56 heavy (non-hydrogen) atoms. The molecule has 0 aromatic heterocycles. The van der Waals surface area contributed by atoms with Crippen LogP contribution in [0.4, 0.5) is 0 Å². The standard InChI is InChI=1S/C12H24N2O3Si.C6H12ClNOSi.2C6H13NO2.C4H11NO.C2H4O2/c1-12(16)14-8-4-5-9-17-18(2,3)10-6-7-13-11-15;1-10(2,7)5-3-4-8-6-9;2*1-6(9)7-4-2-3-5-8;5-3-1-2-4-6;1-2(3)4/h4-10H2,1-3H3,(H,14,16);3-5H2,1-2H3;2*8H,2-5H2,1H3,(H,7,9);6H,1-5H2;1H3,(H,3,4). The lowest BCUT2D eigenvalue weighted by Gasteiger charge is -2.22. The number of hydrogen-bond acceptors (Lipinski definition) is 13. The monoisotopic (exact) mass is 860 g/mol. The fourth-order valence-electron chi connectivity index (χ4n) is 3.42. The van der Waals surface area contributed by atoms with E-state index < -0.39 is 21.7 Å². The fraction of sp³-hybridized carbons (Fsp3) is 0.833. The van der Waals surface area contributed by atoms with Crippen LogP contribution in [0.1, 0.15) is 91.9 Å². The van der Waals surface area contributed by atoms with Crippen LogP contribution in [0.5, 0.6) is 0 Å². The quantitative estimate of drug-likeness (QED) is 0.0215. The molecule has 0 rings (SSSR count). The van der Waals surface area contributed by atoms with E-state index in [9.17, 15) is 24.0 Å². The Hall–Kier alpha value is -2.84. The van der Waals surface area contributed by atoms with E-state index in [1.54, 1.807) is 6.08 Å². The van der Waals surface area contributed by atoms with Crippen LogP contribution in [0.3, 0.4) is 0 Å². The van der Waals surface area contributed by atoms with Gasteiger partial charge in [0.2, 0.25) is 29.9 Å². The second kappa shape index (κ2) is 52.2. The largest absolute Gasteiger partial charge is 0.481 e. The average molecular weight is 862 g/mol. The van der Waals surface area contributed by atoms with Crippen molar-refractivity contribution in [3.05, 3.63) is 0 Å². The van der Waals surface area contributed by atoms with Gasteiger partial charge in [-0.2, -0.15) is 11.1 Å². The number of amides is 3. The molecule has 0 aromatic carbocycles. The summed E-state index contributed by atoms with van der Waals surface area (Å²) in [5.41, 5.74) is 5.10. The van der Waals surface area contributed by atoms with E-state index in [1.165, 1.54) is 26.9 Å². The Morgan fingerprint density at radius 2 is 0.964 bits per heavy atom. The number of nitrogens with two attached hydrogens (primary N) is 1. The highest BCUT2D eigenvalue weighted by atomic mass is 35.6. The highest BCUT2D eigenvalue weighted by molar-refractivity contribution is 7.19. The van der Waals surface area contributed by atoms with Crippen LogP contribution in [0.15, 0.2) is 9.98 Å². The molecular weight excluding hydrogens is 784 g/mol. The Morgan fingerprint density at radius 3 is 1.25 bits per heavy atom. The number of aliphatic hydroxyl groups excluding tert-OH is 3. The average Bonchev–Trinajstić information content (AvgIpc) is 3.10. The lowest BCUT2D eigenvalue weighted by atomic mass is 10.3. The maximum Gasteiger partial charge on any atom is 0.300 e. The molecule has 0 bridgehead atoms. The summed E-state index contributed by atoms with van der Waals surface area (Å²) in [5, 5.41) is 40.2. The first kappa shape index (κ1) is 65.0. The third-order valence-electron chi connectivity index (χ3n) is 6.19. The van der Waals surface area contributed by atoms with Crippen molar-refractivity contribution in [2.45, 2.75) is 130 Å². The number of isocyanates is 2. The second-order valence-corrected chi connectivity index (χ2v) is 24.6. The van der Waals surface area contributed by atoms with E-state index >= 15 is 0 Å². The number of aliphatic hydroxyl groups is 3. The van der Waals surface area contributed by atoms with Crippen LogP contribution >= 0.6 is 11.1 Å². The van der Waals surface area contributed by atoms with Crippen molar-refractivity contribution in [1.29, 1.82) is 0 Å². The molecule has 0 fully saturated rings. The molecule has 0 aromatic rings. The van der Waals surface area contributed by atoms with Crippen molar-refractivity contribution in [3.8, 4) is 0 Å². The summed E-state index contributed by atoms with van der Waals surface area (Å²) in [6.07, 6.45) is 11.8. The van der Waals surface area contributed by atoms with Crippen molar-refractivity contribution in [2.75, 3.05) is 65.7 Å². The minimum absolute atomic E-state index is 0.00654. The molecule has 0 aliphatic carbocycles. The van der Waals surface area contributed by atoms with Gasteiger partial charge in [0, 0.05) is 73.8 Å². The smallest absolute Gasteiger partial charge is 0.300 e. The van der Waals surface area contributed by atoms with Crippen LogP contribution in [-0.2, 0) is 33.2 Å².